The molecule has 1 aliphatic carbocycles. The molecule has 124 valence electrons. The van der Waals surface area contributed by atoms with Crippen molar-refractivity contribution in [2.24, 2.45) is 5.92 Å². The van der Waals surface area contributed by atoms with Gasteiger partial charge < -0.3 is 10.2 Å². The third-order valence-corrected chi connectivity index (χ3v) is 6.40. The number of piperidine rings is 2. The van der Waals surface area contributed by atoms with Crippen LogP contribution < -0.4 is 5.32 Å². The van der Waals surface area contributed by atoms with Gasteiger partial charge in [-0.3, -0.25) is 4.79 Å². The van der Waals surface area contributed by atoms with Gasteiger partial charge in [0.15, 0.2) is 0 Å². The number of aryl methyl sites for hydroxylation is 1. The van der Waals surface area contributed by atoms with Gasteiger partial charge in [-0.1, -0.05) is 30.7 Å². The lowest BCUT2D eigenvalue weighted by Gasteiger charge is -2.47. The minimum atomic E-state index is 0.204. The van der Waals surface area contributed by atoms with Crippen LogP contribution >= 0.6 is 0 Å². The highest BCUT2D eigenvalue weighted by Crippen LogP contribution is 2.48. The summed E-state index contributed by atoms with van der Waals surface area (Å²) in [7, 11) is 2.27. The van der Waals surface area contributed by atoms with E-state index in [1.807, 2.05) is 0 Å². The summed E-state index contributed by atoms with van der Waals surface area (Å²) >= 11 is 0. The predicted molar refractivity (Wildman–Crippen MR) is 92.4 cm³/mol. The van der Waals surface area contributed by atoms with Gasteiger partial charge in [0.2, 0.25) is 5.91 Å². The molecular formula is C20H28N2O. The van der Waals surface area contributed by atoms with Gasteiger partial charge in [-0.25, -0.2) is 0 Å². The highest BCUT2D eigenvalue weighted by molar-refractivity contribution is 5.83. The Hall–Kier alpha value is -1.35. The number of nitrogens with one attached hydrogen (secondary N) is 1. The number of rotatable bonds is 3. The summed E-state index contributed by atoms with van der Waals surface area (Å²) in [5.74, 6) is 0.948. The molecule has 23 heavy (non-hydrogen) atoms. The van der Waals surface area contributed by atoms with Gasteiger partial charge in [-0.05, 0) is 63.1 Å². The highest BCUT2D eigenvalue weighted by Gasteiger charge is 2.45. The Kier molecular flexibility index (Phi) is 3.92. The third kappa shape index (κ3) is 2.91. The Labute approximate surface area is 139 Å². The van der Waals surface area contributed by atoms with Gasteiger partial charge in [0.25, 0.3) is 0 Å². The van der Waals surface area contributed by atoms with Crippen LogP contribution in [0.2, 0.25) is 0 Å². The lowest BCUT2D eigenvalue weighted by molar-refractivity contribution is -0.123. The number of fused-ring (bicyclic) bond motifs is 2. The number of amides is 1. The number of carbonyl (C=O) groups excluding carboxylic acids is 1. The molecule has 0 aromatic heterocycles. The lowest BCUT2D eigenvalue weighted by Crippen LogP contribution is -2.55. The number of nitrogens with zero attached hydrogens (tertiary/aromatic N) is 1. The molecule has 5 atom stereocenters. The number of carbonyl (C=O) groups is 1. The van der Waals surface area contributed by atoms with Crippen molar-refractivity contribution in [1.29, 1.82) is 0 Å². The first-order valence-electron chi connectivity index (χ1n) is 9.21. The summed E-state index contributed by atoms with van der Waals surface area (Å²) in [6.45, 7) is 2.15. The van der Waals surface area contributed by atoms with Crippen LogP contribution in [0.25, 0.3) is 0 Å². The lowest BCUT2D eigenvalue weighted by atomic mass is 9.82. The molecule has 1 aromatic rings. The van der Waals surface area contributed by atoms with E-state index in [1.165, 1.54) is 30.4 Å². The van der Waals surface area contributed by atoms with Crippen molar-refractivity contribution in [2.75, 3.05) is 7.05 Å². The van der Waals surface area contributed by atoms with E-state index in [-0.39, 0.29) is 5.92 Å². The fourth-order valence-electron chi connectivity index (χ4n) is 4.87. The van der Waals surface area contributed by atoms with E-state index in [1.54, 1.807) is 0 Å². The van der Waals surface area contributed by atoms with Crippen LogP contribution in [0.4, 0.5) is 0 Å². The number of benzene rings is 1. The molecule has 1 aromatic carbocycles. The van der Waals surface area contributed by atoms with Crippen molar-refractivity contribution in [3.63, 3.8) is 0 Å². The second-order valence-electron chi connectivity index (χ2n) is 7.89. The number of hydrogen-bond acceptors (Lipinski definition) is 2. The van der Waals surface area contributed by atoms with Crippen LogP contribution in [0, 0.1) is 12.8 Å². The fraction of sp³-hybridized carbons (Fsp3) is 0.650. The molecule has 2 saturated heterocycles. The molecule has 4 rings (SSSR count). The topological polar surface area (TPSA) is 32.3 Å². The molecule has 3 aliphatic rings. The van der Waals surface area contributed by atoms with E-state index in [0.29, 0.717) is 30.0 Å². The summed E-state index contributed by atoms with van der Waals surface area (Å²) in [5.41, 5.74) is 2.69. The maximum atomic E-state index is 12.6. The zero-order valence-corrected chi connectivity index (χ0v) is 14.3. The monoisotopic (exact) mass is 312 g/mol. The van der Waals surface area contributed by atoms with E-state index in [4.69, 9.17) is 0 Å². The molecule has 1 unspecified atom stereocenters. The van der Waals surface area contributed by atoms with Crippen LogP contribution in [0.3, 0.4) is 0 Å². The maximum Gasteiger partial charge on any atom is 0.223 e. The van der Waals surface area contributed by atoms with Gasteiger partial charge in [-0.15, -0.1) is 0 Å². The first-order chi connectivity index (χ1) is 11.1. The third-order valence-electron chi connectivity index (χ3n) is 6.40. The van der Waals surface area contributed by atoms with Crippen LogP contribution in [0.15, 0.2) is 24.3 Å². The van der Waals surface area contributed by atoms with E-state index in [0.717, 1.165) is 19.3 Å². The molecule has 3 nitrogen and oxygen atoms in total. The van der Waals surface area contributed by atoms with Gasteiger partial charge >= 0.3 is 0 Å². The predicted octanol–water partition coefficient (Wildman–Crippen LogP) is 3.23. The van der Waals surface area contributed by atoms with Crippen molar-refractivity contribution in [3.05, 3.63) is 35.4 Å². The quantitative estimate of drug-likeness (QED) is 0.929. The van der Waals surface area contributed by atoms with E-state index in [9.17, 15) is 4.79 Å². The molecule has 1 saturated carbocycles. The molecule has 3 fully saturated rings. The minimum absolute atomic E-state index is 0.204. The maximum absolute atomic E-state index is 12.6. The van der Waals surface area contributed by atoms with Gasteiger partial charge in [0.05, 0.1) is 0 Å². The van der Waals surface area contributed by atoms with E-state index < -0.39 is 0 Å². The summed E-state index contributed by atoms with van der Waals surface area (Å²) in [5, 5.41) is 3.38. The molecule has 1 amide bonds. The fourth-order valence-corrected chi connectivity index (χ4v) is 4.87. The Morgan fingerprint density at radius 1 is 1.13 bits per heavy atom. The smallest absolute Gasteiger partial charge is 0.223 e. The molecule has 3 heteroatoms. The van der Waals surface area contributed by atoms with Crippen LogP contribution in [0.1, 0.15) is 55.6 Å². The second-order valence-corrected chi connectivity index (χ2v) is 7.89. The minimum Gasteiger partial charge on any atom is -0.353 e. The van der Waals surface area contributed by atoms with Crippen molar-refractivity contribution in [3.8, 4) is 0 Å². The zero-order chi connectivity index (χ0) is 16.0. The zero-order valence-electron chi connectivity index (χ0n) is 14.3. The van der Waals surface area contributed by atoms with Crippen LogP contribution in [-0.2, 0) is 4.79 Å². The normalized spacial score (nSPS) is 36.5. The first-order valence-corrected chi connectivity index (χ1v) is 9.21. The second kappa shape index (κ2) is 5.94. The SMILES string of the molecule is Cc1ccccc1[C@H]1C[C@H]1C(=O)NC1C[C@H]2CCC[C@@H](C1)N2C. The number of hydrogen-bond donors (Lipinski definition) is 1. The average Bonchev–Trinajstić information content (AvgIpc) is 3.29. The molecule has 1 N–H and O–H groups in total. The summed E-state index contributed by atoms with van der Waals surface area (Å²) in [4.78, 5) is 15.2. The largest absolute Gasteiger partial charge is 0.353 e. The summed E-state index contributed by atoms with van der Waals surface area (Å²) in [6.07, 6.45) is 7.26. The summed E-state index contributed by atoms with van der Waals surface area (Å²) < 4.78 is 0. The molecular weight excluding hydrogens is 284 g/mol. The van der Waals surface area contributed by atoms with Gasteiger partial charge in [0.1, 0.15) is 0 Å². The Bertz CT molecular complexity index is 585. The Balaban J connectivity index is 1.36. The Morgan fingerprint density at radius 3 is 2.52 bits per heavy atom. The first kappa shape index (κ1) is 15.2. The Morgan fingerprint density at radius 2 is 1.83 bits per heavy atom. The van der Waals surface area contributed by atoms with Crippen LogP contribution in [0.5, 0.6) is 0 Å². The summed E-state index contributed by atoms with van der Waals surface area (Å²) in [6, 6.07) is 10.3. The van der Waals surface area contributed by atoms with Crippen LogP contribution in [-0.4, -0.2) is 36.0 Å². The van der Waals surface area contributed by atoms with E-state index >= 15 is 0 Å². The van der Waals surface area contributed by atoms with Crippen molar-refractivity contribution >= 4 is 5.91 Å². The molecule has 0 radical (unpaired) electrons. The average molecular weight is 312 g/mol. The molecule has 2 bridgehead atoms. The van der Waals surface area contributed by atoms with Gasteiger partial charge in [0, 0.05) is 24.0 Å². The molecule has 0 spiro atoms. The van der Waals surface area contributed by atoms with Crippen molar-refractivity contribution < 1.29 is 4.79 Å². The van der Waals surface area contributed by atoms with Gasteiger partial charge in [-0.2, -0.15) is 0 Å². The van der Waals surface area contributed by atoms with Crippen molar-refractivity contribution in [2.45, 2.75) is 69.5 Å². The standard InChI is InChI=1S/C20H28N2O/c1-13-6-3-4-9-17(13)18-12-19(18)20(23)21-14-10-15-7-5-8-16(11-14)22(15)2/h3-4,6,9,14-16,18-19H,5,7-8,10-12H2,1-2H3,(H,21,23)/t14?,15-,16+,18-,19-/m1/s1. The van der Waals surface area contributed by atoms with E-state index in [2.05, 4.69) is 48.5 Å². The van der Waals surface area contributed by atoms with Crippen molar-refractivity contribution in [1.82, 2.24) is 10.2 Å². The molecule has 2 heterocycles. The molecule has 2 aliphatic heterocycles. The highest BCUT2D eigenvalue weighted by atomic mass is 16.2.